The van der Waals surface area contributed by atoms with Crippen molar-refractivity contribution in [1.29, 1.82) is 0 Å². The molecule has 6 nitrogen and oxygen atoms in total. The maximum Gasteiger partial charge on any atom is 0.306 e. The summed E-state index contributed by atoms with van der Waals surface area (Å²) >= 11 is 0. The second kappa shape index (κ2) is 55.4. The zero-order chi connectivity index (χ0) is 48.6. The zero-order valence-corrected chi connectivity index (χ0v) is 44.2. The molecule has 0 aliphatic rings. The minimum atomic E-state index is -0.802. The van der Waals surface area contributed by atoms with Crippen molar-refractivity contribution in [2.75, 3.05) is 13.2 Å². The zero-order valence-electron chi connectivity index (χ0n) is 44.2. The van der Waals surface area contributed by atoms with E-state index in [-0.39, 0.29) is 37.5 Å². The molecule has 0 aromatic heterocycles. The van der Waals surface area contributed by atoms with Gasteiger partial charge in [0.05, 0.1) is 0 Å². The summed E-state index contributed by atoms with van der Waals surface area (Å²) in [5.41, 5.74) is 0. The van der Waals surface area contributed by atoms with Crippen LogP contribution in [0.2, 0.25) is 0 Å². The summed E-state index contributed by atoms with van der Waals surface area (Å²) in [6, 6.07) is 0. The molecule has 0 aromatic carbocycles. The van der Waals surface area contributed by atoms with Crippen molar-refractivity contribution in [2.24, 2.45) is 0 Å². The normalized spacial score (nSPS) is 12.6. The van der Waals surface area contributed by atoms with Gasteiger partial charge < -0.3 is 14.2 Å². The Hall–Kier alpha value is -3.15. The molecule has 0 aliphatic heterocycles. The lowest BCUT2D eigenvalue weighted by Gasteiger charge is -2.18. The van der Waals surface area contributed by atoms with Crippen LogP contribution in [0.25, 0.3) is 0 Å². The Morgan fingerprint density at radius 2 is 0.582 bits per heavy atom. The molecular weight excluding hydrogens is 829 g/mol. The quantitative estimate of drug-likeness (QED) is 0.0262. The molecule has 0 spiro atoms. The van der Waals surface area contributed by atoms with Crippen molar-refractivity contribution in [2.45, 2.75) is 284 Å². The summed E-state index contributed by atoms with van der Waals surface area (Å²) in [6.45, 7) is 6.49. The summed E-state index contributed by atoms with van der Waals surface area (Å²) in [5.74, 6) is -0.971. The van der Waals surface area contributed by atoms with Gasteiger partial charge in [0.2, 0.25) is 0 Å². The molecule has 0 N–H and O–H groups in total. The van der Waals surface area contributed by atoms with Gasteiger partial charge in [-0.2, -0.15) is 0 Å². The molecule has 386 valence electrons. The first-order chi connectivity index (χ1) is 33.0. The predicted molar refractivity (Wildman–Crippen MR) is 288 cm³/mol. The molecule has 6 heteroatoms. The lowest BCUT2D eigenvalue weighted by molar-refractivity contribution is -0.166. The molecule has 0 unspecified atom stereocenters. The monoisotopic (exact) mass is 935 g/mol. The first kappa shape index (κ1) is 63.8. The number of hydrogen-bond donors (Lipinski definition) is 0. The summed E-state index contributed by atoms with van der Waals surface area (Å²) in [6.07, 6.45) is 70.4. The highest BCUT2D eigenvalue weighted by atomic mass is 16.6. The van der Waals surface area contributed by atoms with Crippen LogP contribution in [-0.4, -0.2) is 37.2 Å². The number of allylic oxidation sites excluding steroid dienone is 12. The van der Waals surface area contributed by atoms with Crippen LogP contribution < -0.4 is 0 Å². The van der Waals surface area contributed by atoms with E-state index in [4.69, 9.17) is 14.2 Å². The van der Waals surface area contributed by atoms with Gasteiger partial charge in [-0.3, -0.25) is 14.4 Å². The Morgan fingerprint density at radius 3 is 0.910 bits per heavy atom. The van der Waals surface area contributed by atoms with Crippen LogP contribution in [-0.2, 0) is 28.6 Å². The van der Waals surface area contributed by atoms with Gasteiger partial charge in [-0.1, -0.05) is 273 Å². The highest BCUT2D eigenvalue weighted by Gasteiger charge is 2.19. The number of carbonyl (C=O) groups excluding carboxylic acids is 3. The van der Waals surface area contributed by atoms with E-state index in [0.29, 0.717) is 19.3 Å². The van der Waals surface area contributed by atoms with Gasteiger partial charge in [-0.25, -0.2) is 0 Å². The lowest BCUT2D eigenvalue weighted by Crippen LogP contribution is -2.30. The van der Waals surface area contributed by atoms with E-state index in [1.807, 2.05) is 6.08 Å². The van der Waals surface area contributed by atoms with E-state index in [9.17, 15) is 14.4 Å². The molecule has 0 rings (SSSR count). The molecule has 1 atom stereocenters. The van der Waals surface area contributed by atoms with Gasteiger partial charge in [0.25, 0.3) is 0 Å². The van der Waals surface area contributed by atoms with Crippen LogP contribution in [0.5, 0.6) is 0 Å². The van der Waals surface area contributed by atoms with Crippen LogP contribution in [0.4, 0.5) is 0 Å². The molecule has 0 saturated heterocycles. The number of carbonyl (C=O) groups is 3. The van der Waals surface area contributed by atoms with Crippen molar-refractivity contribution in [3.8, 4) is 0 Å². The van der Waals surface area contributed by atoms with Gasteiger partial charge in [-0.05, 0) is 57.8 Å². The molecule has 0 aliphatic carbocycles. The van der Waals surface area contributed by atoms with E-state index in [0.717, 1.165) is 77.0 Å². The Labute approximate surface area is 414 Å². The van der Waals surface area contributed by atoms with Crippen molar-refractivity contribution in [1.82, 2.24) is 0 Å². The Balaban J connectivity index is 4.46. The smallest absolute Gasteiger partial charge is 0.306 e. The van der Waals surface area contributed by atoms with E-state index in [2.05, 4.69) is 87.6 Å². The Morgan fingerprint density at radius 1 is 0.313 bits per heavy atom. The maximum absolute atomic E-state index is 12.8. The summed E-state index contributed by atoms with van der Waals surface area (Å²) in [7, 11) is 0. The first-order valence-corrected chi connectivity index (χ1v) is 28.4. The average molecular weight is 936 g/mol. The molecule has 0 heterocycles. The van der Waals surface area contributed by atoms with Crippen molar-refractivity contribution in [3.63, 3.8) is 0 Å². The molecule has 0 aromatic rings. The molecule has 0 fully saturated rings. The second-order valence-corrected chi connectivity index (χ2v) is 18.8. The fourth-order valence-corrected chi connectivity index (χ4v) is 8.00. The topological polar surface area (TPSA) is 78.9 Å². The third-order valence-electron chi connectivity index (χ3n) is 12.2. The minimum Gasteiger partial charge on any atom is -0.462 e. The highest BCUT2D eigenvalue weighted by molar-refractivity contribution is 5.71. The first-order valence-electron chi connectivity index (χ1n) is 28.4. The summed E-state index contributed by atoms with van der Waals surface area (Å²) in [5, 5.41) is 0. The van der Waals surface area contributed by atoms with Crippen molar-refractivity contribution in [3.05, 3.63) is 72.9 Å². The van der Waals surface area contributed by atoms with Crippen LogP contribution >= 0.6 is 0 Å². The molecule has 0 saturated carbocycles. The van der Waals surface area contributed by atoms with Crippen molar-refractivity contribution >= 4 is 17.9 Å². The number of rotatable bonds is 51. The fraction of sp³-hybridized carbons (Fsp3) is 0.754. The van der Waals surface area contributed by atoms with E-state index < -0.39 is 6.10 Å². The molecule has 67 heavy (non-hydrogen) atoms. The van der Waals surface area contributed by atoms with E-state index >= 15 is 0 Å². The van der Waals surface area contributed by atoms with E-state index in [1.165, 1.54) is 154 Å². The van der Waals surface area contributed by atoms with Crippen LogP contribution in [0, 0.1) is 0 Å². The largest absolute Gasteiger partial charge is 0.462 e. The van der Waals surface area contributed by atoms with Crippen LogP contribution in [0.15, 0.2) is 72.9 Å². The van der Waals surface area contributed by atoms with Gasteiger partial charge >= 0.3 is 17.9 Å². The highest BCUT2D eigenvalue weighted by Crippen LogP contribution is 2.16. The van der Waals surface area contributed by atoms with Gasteiger partial charge in [0.15, 0.2) is 6.10 Å². The third kappa shape index (κ3) is 53.7. The Bertz CT molecular complexity index is 1260. The lowest BCUT2D eigenvalue weighted by atomic mass is 10.0. The summed E-state index contributed by atoms with van der Waals surface area (Å²) in [4.78, 5) is 38.1. The second-order valence-electron chi connectivity index (χ2n) is 18.8. The molecular formula is C61H106O6. The predicted octanol–water partition coefficient (Wildman–Crippen LogP) is 19.0. The minimum absolute atomic E-state index is 0.0947. The average Bonchev–Trinajstić information content (AvgIpc) is 3.33. The number of esters is 3. The SMILES string of the molecule is CC/C=C\C/C=C\C/C=C\C/C=C\C/C=C\C/C=C\CCC(=O)OC[C@H](COC(=O)CCCCCCCCCCCCCCC)OC(=O)CCCCCCCCCCCCCCCCCCC. The molecule has 0 amide bonds. The maximum atomic E-state index is 12.8. The van der Waals surface area contributed by atoms with Crippen LogP contribution in [0.1, 0.15) is 278 Å². The fourth-order valence-electron chi connectivity index (χ4n) is 8.00. The summed E-state index contributed by atoms with van der Waals surface area (Å²) < 4.78 is 16.8. The van der Waals surface area contributed by atoms with Crippen molar-refractivity contribution < 1.29 is 28.6 Å². The standard InChI is InChI=1S/C61H106O6/c1-4-7-10-13-16-19-22-25-27-29-30-32-33-36-39-42-45-48-51-54-60(63)66-57-58(56-65-59(62)53-50-47-44-41-38-35-24-21-18-15-12-9-6-3)67-61(64)55-52-49-46-43-40-37-34-31-28-26-23-20-17-14-11-8-5-2/h7,10,16,19,25,27,30,32,36,39,45,48,58H,4-6,8-9,11-15,17-18,20-24,26,28-29,31,33-35,37-38,40-44,46-47,49-57H2,1-3H3/b10-7-,19-16-,27-25-,32-30-,39-36-,48-45-/t58-/m0/s1. The van der Waals surface area contributed by atoms with Gasteiger partial charge in [0.1, 0.15) is 13.2 Å². The number of ether oxygens (including phenoxy) is 3. The molecule has 0 radical (unpaired) electrons. The Kier molecular flexibility index (Phi) is 52.8. The van der Waals surface area contributed by atoms with Gasteiger partial charge in [-0.15, -0.1) is 0 Å². The third-order valence-corrected chi connectivity index (χ3v) is 12.2. The van der Waals surface area contributed by atoms with Crippen LogP contribution in [0.3, 0.4) is 0 Å². The number of hydrogen-bond acceptors (Lipinski definition) is 6. The molecule has 0 bridgehead atoms. The number of unbranched alkanes of at least 4 members (excludes halogenated alkanes) is 28. The van der Waals surface area contributed by atoms with E-state index in [1.54, 1.807) is 0 Å². The van der Waals surface area contributed by atoms with Gasteiger partial charge in [0, 0.05) is 19.3 Å².